The first-order valence-electron chi connectivity index (χ1n) is 2.65. The van der Waals surface area contributed by atoms with Gasteiger partial charge in [-0.15, -0.1) is 0 Å². The fourth-order valence-electron chi connectivity index (χ4n) is 0.695. The van der Waals surface area contributed by atoms with E-state index in [9.17, 15) is 0 Å². The van der Waals surface area contributed by atoms with Crippen molar-refractivity contribution in [3.05, 3.63) is 6.33 Å². The molecule has 0 bridgehead atoms. The van der Waals surface area contributed by atoms with E-state index in [4.69, 9.17) is 5.73 Å². The number of nitrogens with zero attached hydrogens (tertiary/aromatic N) is 4. The molecular weight excluding hydrogens is 132 g/mol. The molecule has 0 amide bonds. The third-order valence-electron chi connectivity index (χ3n) is 1.16. The van der Waals surface area contributed by atoms with Crippen LogP contribution in [-0.4, -0.2) is 9.97 Å². The Morgan fingerprint density at radius 3 is 3.20 bits per heavy atom. The third-order valence-corrected chi connectivity index (χ3v) is 1.16. The van der Waals surface area contributed by atoms with Gasteiger partial charge in [0.2, 0.25) is 5.69 Å². The maximum absolute atomic E-state index is 5.44. The summed E-state index contributed by atoms with van der Waals surface area (Å²) in [4.78, 5) is 7.54. The maximum Gasteiger partial charge on any atom is 0.368 e. The summed E-state index contributed by atoms with van der Waals surface area (Å²) in [6.45, 7) is 0. The second-order valence-corrected chi connectivity index (χ2v) is 1.77. The first-order valence-corrected chi connectivity index (χ1v) is 2.65. The molecule has 3 N–H and O–H groups in total. The van der Waals surface area contributed by atoms with Gasteiger partial charge in [-0.05, 0) is 0 Å². The molecule has 1 aliphatic heterocycles. The van der Waals surface area contributed by atoms with E-state index in [0.29, 0.717) is 17.3 Å². The molecule has 0 spiro atoms. The Balaban J connectivity index is 2.66. The molecular formula is C4H4N6+. The molecule has 1 radical (unpaired) electrons. The van der Waals surface area contributed by atoms with Crippen molar-refractivity contribution in [3.8, 4) is 0 Å². The lowest BCUT2D eigenvalue weighted by atomic mass is 10.4. The minimum absolute atomic E-state index is 0.370. The van der Waals surface area contributed by atoms with Gasteiger partial charge in [-0.25, -0.2) is 0 Å². The van der Waals surface area contributed by atoms with Crippen LogP contribution in [0.3, 0.4) is 0 Å². The summed E-state index contributed by atoms with van der Waals surface area (Å²) in [6.07, 6.45) is 1.35. The van der Waals surface area contributed by atoms with Crippen molar-refractivity contribution in [1.29, 1.82) is 0 Å². The van der Waals surface area contributed by atoms with Gasteiger partial charge in [-0.2, -0.15) is 10.4 Å². The smallest absolute Gasteiger partial charge is 0.368 e. The van der Waals surface area contributed by atoms with Gasteiger partial charge in [0.25, 0.3) is 0 Å². The van der Waals surface area contributed by atoms with Crippen LogP contribution < -0.4 is 16.3 Å². The van der Waals surface area contributed by atoms with Gasteiger partial charge >= 0.3 is 5.82 Å². The highest BCUT2D eigenvalue weighted by molar-refractivity contribution is 5.73. The van der Waals surface area contributed by atoms with Gasteiger partial charge in [0.1, 0.15) is 0 Å². The van der Waals surface area contributed by atoms with E-state index < -0.39 is 0 Å². The van der Waals surface area contributed by atoms with E-state index in [-0.39, 0.29) is 0 Å². The number of nitrogens with one attached hydrogen (secondary N) is 1. The van der Waals surface area contributed by atoms with E-state index in [2.05, 4.69) is 25.7 Å². The summed E-state index contributed by atoms with van der Waals surface area (Å²) < 4.78 is 0. The standard InChI is InChI=1S/C4H4N6/c5-3-2-4(7-1-6-3)9-10-8-2/h1H,(H,8,10)(H2,5,6,7)/q+1. The molecule has 0 aliphatic carbocycles. The van der Waals surface area contributed by atoms with Crippen molar-refractivity contribution in [1.82, 2.24) is 15.1 Å². The highest BCUT2D eigenvalue weighted by Gasteiger charge is 2.22. The molecule has 0 atom stereocenters. The van der Waals surface area contributed by atoms with Crippen LogP contribution in [0.1, 0.15) is 0 Å². The Hall–Kier alpha value is -1.72. The van der Waals surface area contributed by atoms with Gasteiger partial charge in [0.05, 0.1) is 5.22 Å². The number of rotatable bonds is 0. The van der Waals surface area contributed by atoms with E-state index in [0.717, 1.165) is 0 Å². The molecule has 1 aromatic heterocycles. The highest BCUT2D eigenvalue weighted by atomic mass is 15.5. The summed E-state index contributed by atoms with van der Waals surface area (Å²) in [5.41, 5.74) is 8.60. The lowest BCUT2D eigenvalue weighted by Crippen LogP contribution is -1.95. The number of aromatic nitrogens is 2. The fraction of sp³-hybridized carbons (Fsp3) is 0. The SMILES string of the molecule is Nc1ncnc2c1NN=[N+]2. The predicted molar refractivity (Wildman–Crippen MR) is 34.3 cm³/mol. The molecule has 2 rings (SSSR count). The number of fused-ring (bicyclic) bond motifs is 1. The lowest BCUT2D eigenvalue weighted by molar-refractivity contribution is 1.06. The van der Waals surface area contributed by atoms with Gasteiger partial charge in [-0.3, -0.25) is 0 Å². The number of nitrogens with two attached hydrogens (primary N) is 1. The van der Waals surface area contributed by atoms with Gasteiger partial charge in [0, 0.05) is 5.11 Å². The largest absolute Gasteiger partial charge is 0.380 e. The minimum Gasteiger partial charge on any atom is -0.380 e. The Morgan fingerprint density at radius 2 is 2.40 bits per heavy atom. The Kier molecular flexibility index (Phi) is 0.830. The van der Waals surface area contributed by atoms with Crippen molar-refractivity contribution in [2.24, 2.45) is 5.22 Å². The summed E-state index contributed by atoms with van der Waals surface area (Å²) in [5, 5.41) is 7.15. The van der Waals surface area contributed by atoms with Crippen molar-refractivity contribution >= 4 is 17.3 Å². The summed E-state index contributed by atoms with van der Waals surface area (Å²) in [6, 6.07) is 0. The lowest BCUT2D eigenvalue weighted by Gasteiger charge is -1.88. The molecule has 1 aromatic rings. The average molecular weight is 136 g/mol. The molecule has 0 aromatic carbocycles. The van der Waals surface area contributed by atoms with Crippen molar-refractivity contribution < 1.29 is 0 Å². The molecule has 6 nitrogen and oxygen atoms in total. The number of nitrogen functional groups attached to an aromatic ring is 1. The van der Waals surface area contributed by atoms with Crippen LogP contribution in [0.5, 0.6) is 0 Å². The van der Waals surface area contributed by atoms with E-state index in [1.807, 2.05) is 0 Å². The van der Waals surface area contributed by atoms with Gasteiger partial charge < -0.3 is 5.73 Å². The zero-order valence-electron chi connectivity index (χ0n) is 4.94. The topological polar surface area (TPSA) is 90.3 Å². The molecule has 10 heavy (non-hydrogen) atoms. The fourth-order valence-corrected chi connectivity index (χ4v) is 0.695. The summed E-state index contributed by atoms with van der Waals surface area (Å²) in [5.74, 6) is 0.863. The quantitative estimate of drug-likeness (QED) is 0.517. The monoisotopic (exact) mass is 136 g/mol. The second kappa shape index (κ2) is 1.63. The van der Waals surface area contributed by atoms with Crippen LogP contribution in [0.2, 0.25) is 0 Å². The maximum atomic E-state index is 5.44. The first-order chi connectivity index (χ1) is 4.88. The molecule has 49 valence electrons. The normalized spacial score (nSPS) is 12.8. The average Bonchev–Trinajstić information content (AvgIpc) is 2.36. The molecule has 0 saturated carbocycles. The molecule has 0 unspecified atom stereocenters. The number of hydrogen-bond donors (Lipinski definition) is 2. The van der Waals surface area contributed by atoms with Gasteiger partial charge in [-0.1, -0.05) is 4.98 Å². The van der Waals surface area contributed by atoms with Crippen molar-refractivity contribution in [2.45, 2.75) is 0 Å². The molecule has 1 aliphatic rings. The zero-order valence-corrected chi connectivity index (χ0v) is 4.94. The minimum atomic E-state index is 0.370. The molecule has 0 saturated heterocycles. The zero-order chi connectivity index (χ0) is 6.97. The Labute approximate surface area is 56.2 Å². The van der Waals surface area contributed by atoms with E-state index in [1.165, 1.54) is 6.33 Å². The van der Waals surface area contributed by atoms with Gasteiger partial charge in [0.15, 0.2) is 12.1 Å². The number of anilines is 2. The van der Waals surface area contributed by atoms with Crippen molar-refractivity contribution in [2.75, 3.05) is 11.2 Å². The Bertz CT molecular complexity index is 292. The van der Waals surface area contributed by atoms with Crippen LogP contribution >= 0.6 is 0 Å². The highest BCUT2D eigenvalue weighted by Crippen LogP contribution is 2.25. The number of hydrogen-bond acceptors (Lipinski definition) is 6. The van der Waals surface area contributed by atoms with Crippen LogP contribution in [0.25, 0.3) is 0 Å². The molecule has 6 heteroatoms. The first kappa shape index (κ1) is 5.10. The Morgan fingerprint density at radius 1 is 1.50 bits per heavy atom. The van der Waals surface area contributed by atoms with Crippen molar-refractivity contribution in [3.63, 3.8) is 0 Å². The molecule has 2 heterocycles. The second-order valence-electron chi connectivity index (χ2n) is 1.77. The van der Waals surface area contributed by atoms with Crippen LogP contribution in [-0.2, 0) is 0 Å². The molecule has 0 fully saturated rings. The van der Waals surface area contributed by atoms with E-state index in [1.54, 1.807) is 0 Å². The van der Waals surface area contributed by atoms with Crippen LogP contribution in [0.4, 0.5) is 17.3 Å². The predicted octanol–water partition coefficient (Wildman–Crippen LogP) is -0.181. The third kappa shape index (κ3) is 0.524. The summed E-state index contributed by atoms with van der Waals surface area (Å²) in [7, 11) is 0. The van der Waals surface area contributed by atoms with Crippen LogP contribution in [0.15, 0.2) is 11.6 Å². The van der Waals surface area contributed by atoms with Crippen LogP contribution in [0, 0.1) is 0 Å². The summed E-state index contributed by atoms with van der Waals surface area (Å²) >= 11 is 0. The van der Waals surface area contributed by atoms with E-state index >= 15 is 0 Å².